The first kappa shape index (κ1) is 12.2. The van der Waals surface area contributed by atoms with Crippen molar-refractivity contribution in [2.24, 2.45) is 0 Å². The molecule has 1 unspecified atom stereocenters. The summed E-state index contributed by atoms with van der Waals surface area (Å²) in [6.45, 7) is 1.81. The monoisotopic (exact) mass is 218 g/mol. The molecule has 0 fully saturated rings. The van der Waals surface area contributed by atoms with E-state index in [2.05, 4.69) is 5.32 Å². The highest BCUT2D eigenvalue weighted by Gasteiger charge is 2.10. The van der Waals surface area contributed by atoms with Crippen LogP contribution < -0.4 is 5.32 Å². The van der Waals surface area contributed by atoms with Gasteiger partial charge in [0.25, 0.3) is 5.91 Å². The van der Waals surface area contributed by atoms with Gasteiger partial charge in [0, 0.05) is 12.1 Å². The van der Waals surface area contributed by atoms with E-state index in [-0.39, 0.29) is 18.9 Å². The van der Waals surface area contributed by atoms with Gasteiger partial charge in [-0.05, 0) is 18.6 Å². The average molecular weight is 218 g/mol. The molecule has 16 heavy (non-hydrogen) atoms. The summed E-state index contributed by atoms with van der Waals surface area (Å²) in [6, 6.07) is 8.97. The first-order valence-electron chi connectivity index (χ1n) is 5.06. The Kier molecular flexibility index (Phi) is 4.49. The van der Waals surface area contributed by atoms with Crippen LogP contribution in [0, 0.1) is 11.3 Å². The molecule has 1 aromatic rings. The van der Waals surface area contributed by atoms with Crippen molar-refractivity contribution in [3.05, 3.63) is 35.4 Å². The molecule has 4 heteroatoms. The van der Waals surface area contributed by atoms with Crippen LogP contribution in [-0.4, -0.2) is 23.7 Å². The van der Waals surface area contributed by atoms with Crippen LogP contribution in [0.15, 0.2) is 24.3 Å². The summed E-state index contributed by atoms with van der Waals surface area (Å²) in [4.78, 5) is 11.7. The molecule has 0 aliphatic rings. The molecule has 1 atom stereocenters. The minimum absolute atomic E-state index is 0.207. The fourth-order valence-corrected chi connectivity index (χ4v) is 1.32. The zero-order chi connectivity index (χ0) is 12.0. The third-order valence-electron chi connectivity index (χ3n) is 2.09. The van der Waals surface area contributed by atoms with Crippen molar-refractivity contribution < 1.29 is 9.90 Å². The maximum atomic E-state index is 11.7. The first-order valence-corrected chi connectivity index (χ1v) is 5.06. The molecule has 0 aliphatic heterocycles. The molecular weight excluding hydrogens is 204 g/mol. The highest BCUT2D eigenvalue weighted by Crippen LogP contribution is 2.08. The van der Waals surface area contributed by atoms with Gasteiger partial charge in [-0.25, -0.2) is 0 Å². The molecule has 0 bridgehead atoms. The van der Waals surface area contributed by atoms with Crippen LogP contribution in [0.4, 0.5) is 0 Å². The molecule has 1 rings (SSSR count). The fraction of sp³-hybridized carbons (Fsp3) is 0.333. The lowest BCUT2D eigenvalue weighted by Gasteiger charge is -2.09. The Labute approximate surface area is 94.5 Å². The molecule has 0 aliphatic carbocycles. The summed E-state index contributed by atoms with van der Waals surface area (Å²) in [5.41, 5.74) is 1.19. The van der Waals surface area contributed by atoms with E-state index in [4.69, 9.17) is 10.4 Å². The van der Waals surface area contributed by atoms with Gasteiger partial charge >= 0.3 is 0 Å². The second-order valence-corrected chi connectivity index (χ2v) is 3.55. The molecule has 0 aromatic heterocycles. The Morgan fingerprint density at radius 1 is 1.56 bits per heavy atom. The summed E-state index contributed by atoms with van der Waals surface area (Å²) in [7, 11) is 0. The largest absolute Gasteiger partial charge is 0.392 e. The number of carbonyl (C=O) groups excluding carboxylic acids is 1. The highest BCUT2D eigenvalue weighted by atomic mass is 16.3. The van der Waals surface area contributed by atoms with Gasteiger partial charge < -0.3 is 10.4 Å². The van der Waals surface area contributed by atoms with Crippen molar-refractivity contribution in [1.82, 2.24) is 5.32 Å². The molecule has 84 valence electrons. The van der Waals surface area contributed by atoms with E-state index in [1.807, 2.05) is 6.07 Å². The van der Waals surface area contributed by atoms with Crippen molar-refractivity contribution in [2.75, 3.05) is 6.54 Å². The van der Waals surface area contributed by atoms with Crippen LogP contribution in [0.1, 0.15) is 22.8 Å². The van der Waals surface area contributed by atoms with Crippen molar-refractivity contribution in [1.29, 1.82) is 5.26 Å². The second kappa shape index (κ2) is 5.89. The summed E-state index contributed by atoms with van der Waals surface area (Å²) < 4.78 is 0. The van der Waals surface area contributed by atoms with E-state index >= 15 is 0 Å². The number of nitrogens with one attached hydrogen (secondary N) is 1. The van der Waals surface area contributed by atoms with Crippen molar-refractivity contribution >= 4 is 5.91 Å². The summed E-state index contributed by atoms with van der Waals surface area (Å²) in [5.74, 6) is -0.258. The van der Waals surface area contributed by atoms with Crippen LogP contribution in [0.5, 0.6) is 0 Å². The van der Waals surface area contributed by atoms with Crippen molar-refractivity contribution in [2.45, 2.75) is 19.4 Å². The van der Waals surface area contributed by atoms with Crippen LogP contribution in [0.3, 0.4) is 0 Å². The number of carbonyl (C=O) groups is 1. The van der Waals surface area contributed by atoms with Gasteiger partial charge in [0.05, 0.1) is 18.6 Å². The lowest BCUT2D eigenvalue weighted by Crippen LogP contribution is -2.31. The van der Waals surface area contributed by atoms with E-state index < -0.39 is 6.10 Å². The van der Waals surface area contributed by atoms with Gasteiger partial charge in [0.2, 0.25) is 0 Å². The third kappa shape index (κ3) is 3.37. The Hall–Kier alpha value is -1.86. The van der Waals surface area contributed by atoms with E-state index in [9.17, 15) is 4.79 Å². The smallest absolute Gasteiger partial charge is 0.251 e. The number of nitriles is 1. The standard InChI is InChI=1S/C12H14N2O2/c1-9(15)8-14-12(16)11-5-3-2-4-10(11)6-7-13/h2-5,9,15H,6,8H2,1H3,(H,14,16). The first-order chi connectivity index (χ1) is 7.65. The number of rotatable bonds is 4. The predicted octanol–water partition coefficient (Wildman–Crippen LogP) is 0.863. The molecule has 2 N–H and O–H groups in total. The van der Waals surface area contributed by atoms with Crippen LogP contribution in [-0.2, 0) is 6.42 Å². The van der Waals surface area contributed by atoms with E-state index in [0.29, 0.717) is 11.1 Å². The Bertz CT molecular complexity index is 408. The zero-order valence-corrected chi connectivity index (χ0v) is 9.10. The van der Waals surface area contributed by atoms with Gasteiger partial charge in [-0.15, -0.1) is 0 Å². The van der Waals surface area contributed by atoms with Crippen LogP contribution >= 0.6 is 0 Å². The number of aliphatic hydroxyl groups is 1. The lowest BCUT2D eigenvalue weighted by atomic mass is 10.0. The van der Waals surface area contributed by atoms with Gasteiger partial charge in [0.15, 0.2) is 0 Å². The van der Waals surface area contributed by atoms with E-state index in [0.717, 1.165) is 0 Å². The summed E-state index contributed by atoms with van der Waals surface area (Å²) in [6.07, 6.45) is -0.370. The highest BCUT2D eigenvalue weighted by molar-refractivity contribution is 5.95. The summed E-state index contributed by atoms with van der Waals surface area (Å²) >= 11 is 0. The molecule has 0 spiro atoms. The molecule has 1 aromatic carbocycles. The third-order valence-corrected chi connectivity index (χ3v) is 2.09. The molecular formula is C12H14N2O2. The lowest BCUT2D eigenvalue weighted by molar-refractivity contribution is 0.0923. The SMILES string of the molecule is CC(O)CNC(=O)c1ccccc1CC#N. The molecule has 0 radical (unpaired) electrons. The van der Waals surface area contributed by atoms with Crippen LogP contribution in [0.2, 0.25) is 0 Å². The molecule has 4 nitrogen and oxygen atoms in total. The quantitative estimate of drug-likeness (QED) is 0.787. The Morgan fingerprint density at radius 3 is 2.88 bits per heavy atom. The number of aliphatic hydroxyl groups excluding tert-OH is 1. The Morgan fingerprint density at radius 2 is 2.25 bits per heavy atom. The maximum absolute atomic E-state index is 11.7. The summed E-state index contributed by atoms with van der Waals surface area (Å²) in [5, 5.41) is 20.3. The number of hydrogen-bond donors (Lipinski definition) is 2. The predicted molar refractivity (Wildman–Crippen MR) is 59.8 cm³/mol. The van der Waals surface area contributed by atoms with Gasteiger partial charge in [-0.2, -0.15) is 5.26 Å². The van der Waals surface area contributed by atoms with Crippen molar-refractivity contribution in [3.8, 4) is 6.07 Å². The fourth-order valence-electron chi connectivity index (χ4n) is 1.32. The zero-order valence-electron chi connectivity index (χ0n) is 9.10. The minimum Gasteiger partial charge on any atom is -0.392 e. The molecule has 0 saturated heterocycles. The van der Waals surface area contributed by atoms with Gasteiger partial charge in [-0.1, -0.05) is 18.2 Å². The van der Waals surface area contributed by atoms with Crippen LogP contribution in [0.25, 0.3) is 0 Å². The molecule has 0 saturated carbocycles. The second-order valence-electron chi connectivity index (χ2n) is 3.55. The maximum Gasteiger partial charge on any atom is 0.251 e. The number of hydrogen-bond acceptors (Lipinski definition) is 3. The van der Waals surface area contributed by atoms with E-state index in [1.54, 1.807) is 31.2 Å². The Balaban J connectivity index is 2.78. The average Bonchev–Trinajstić information content (AvgIpc) is 2.27. The topological polar surface area (TPSA) is 73.1 Å². The van der Waals surface area contributed by atoms with Gasteiger partial charge in [-0.3, -0.25) is 4.79 Å². The number of benzene rings is 1. The minimum atomic E-state index is -0.577. The normalized spacial score (nSPS) is 11.6. The van der Waals surface area contributed by atoms with Gasteiger partial charge in [0.1, 0.15) is 0 Å². The van der Waals surface area contributed by atoms with Crippen molar-refractivity contribution in [3.63, 3.8) is 0 Å². The number of nitrogens with zero attached hydrogens (tertiary/aromatic N) is 1. The van der Waals surface area contributed by atoms with E-state index in [1.165, 1.54) is 0 Å². The molecule has 1 amide bonds. The molecule has 0 heterocycles. The number of amides is 1.